The van der Waals surface area contributed by atoms with Crippen LogP contribution in [0, 0.1) is 6.92 Å². The number of thiazole rings is 1. The molecule has 2 amide bonds. The van der Waals surface area contributed by atoms with E-state index in [1.165, 1.54) is 4.90 Å². The molecule has 1 N–H and O–H groups in total. The number of rotatable bonds is 6. The smallest absolute Gasteiger partial charge is 0.268 e. The van der Waals surface area contributed by atoms with E-state index >= 15 is 0 Å². The van der Waals surface area contributed by atoms with Gasteiger partial charge in [0.25, 0.3) is 5.91 Å². The van der Waals surface area contributed by atoms with Crippen molar-refractivity contribution in [3.05, 3.63) is 57.9 Å². The normalized spacial score (nSPS) is 15.5. The van der Waals surface area contributed by atoms with E-state index in [-0.39, 0.29) is 30.2 Å². The fraction of sp³-hybridized carbons (Fsp3) is 0.370. The number of hydrogen-bond donors (Lipinski definition) is 1. The fourth-order valence-electron chi connectivity index (χ4n) is 4.24. The third kappa shape index (κ3) is 4.71. The van der Waals surface area contributed by atoms with E-state index in [0.29, 0.717) is 11.4 Å². The molecule has 0 saturated heterocycles. The molecule has 0 radical (unpaired) electrons. The number of para-hydroxylation sites is 1. The highest BCUT2D eigenvalue weighted by Gasteiger charge is 2.33. The minimum Gasteiger partial charge on any atom is -0.479 e. The van der Waals surface area contributed by atoms with Crippen LogP contribution in [0.4, 0.5) is 11.4 Å². The number of aromatic nitrogens is 1. The van der Waals surface area contributed by atoms with Gasteiger partial charge in [-0.15, -0.1) is 11.3 Å². The molecule has 1 unspecified atom stereocenters. The SMILES string of the molecule is Cc1nc(-c2ccc3c(c2)N(CC(=O)Nc2c(C(C)C)cccc2C(C)C)C(=O)C(C)O3)cs1. The molecule has 1 aliphatic rings. The Morgan fingerprint density at radius 2 is 1.82 bits per heavy atom. The molecular formula is C27H31N3O3S. The van der Waals surface area contributed by atoms with Crippen LogP contribution in [-0.2, 0) is 9.59 Å². The van der Waals surface area contributed by atoms with Crippen molar-refractivity contribution >= 4 is 34.5 Å². The van der Waals surface area contributed by atoms with E-state index in [0.717, 1.165) is 33.1 Å². The van der Waals surface area contributed by atoms with Crippen LogP contribution < -0.4 is 15.0 Å². The number of fused-ring (bicyclic) bond motifs is 1. The molecular weight excluding hydrogens is 446 g/mol. The van der Waals surface area contributed by atoms with E-state index in [1.54, 1.807) is 18.3 Å². The monoisotopic (exact) mass is 477 g/mol. The molecule has 0 spiro atoms. The van der Waals surface area contributed by atoms with Crippen molar-refractivity contribution in [1.29, 1.82) is 0 Å². The van der Waals surface area contributed by atoms with Crippen LogP contribution in [0.1, 0.15) is 62.6 Å². The van der Waals surface area contributed by atoms with Crippen LogP contribution >= 0.6 is 11.3 Å². The highest BCUT2D eigenvalue weighted by Crippen LogP contribution is 2.38. The summed E-state index contributed by atoms with van der Waals surface area (Å²) in [7, 11) is 0. The highest BCUT2D eigenvalue weighted by atomic mass is 32.1. The third-order valence-electron chi connectivity index (χ3n) is 6.02. The maximum atomic E-state index is 13.3. The number of nitrogens with zero attached hydrogens (tertiary/aromatic N) is 2. The van der Waals surface area contributed by atoms with Crippen LogP contribution in [0.2, 0.25) is 0 Å². The molecule has 6 nitrogen and oxygen atoms in total. The standard InChI is InChI=1S/C27H31N3O3S/c1-15(2)20-8-7-9-21(16(3)4)26(20)29-25(31)13-30-23-12-19(22-14-34-18(6)28-22)10-11-24(23)33-17(5)27(30)32/h7-12,14-17H,13H2,1-6H3,(H,29,31). The van der Waals surface area contributed by atoms with Crippen molar-refractivity contribution < 1.29 is 14.3 Å². The maximum Gasteiger partial charge on any atom is 0.268 e. The van der Waals surface area contributed by atoms with Gasteiger partial charge < -0.3 is 10.1 Å². The van der Waals surface area contributed by atoms with Gasteiger partial charge in [-0.25, -0.2) is 4.98 Å². The Balaban J connectivity index is 1.66. The summed E-state index contributed by atoms with van der Waals surface area (Å²) in [6.07, 6.45) is -0.665. The second-order valence-electron chi connectivity index (χ2n) is 9.29. The van der Waals surface area contributed by atoms with Gasteiger partial charge in [0, 0.05) is 16.6 Å². The lowest BCUT2D eigenvalue weighted by molar-refractivity contribution is -0.127. The van der Waals surface area contributed by atoms with Gasteiger partial charge in [0.1, 0.15) is 12.3 Å². The average molecular weight is 478 g/mol. The Bertz CT molecular complexity index is 1210. The van der Waals surface area contributed by atoms with Gasteiger partial charge in [0.15, 0.2) is 6.10 Å². The predicted octanol–water partition coefficient (Wildman–Crippen LogP) is 6.12. The van der Waals surface area contributed by atoms with Gasteiger partial charge in [0.2, 0.25) is 5.91 Å². The molecule has 0 bridgehead atoms. The summed E-state index contributed by atoms with van der Waals surface area (Å²) in [6, 6.07) is 11.8. The van der Waals surface area contributed by atoms with Gasteiger partial charge in [-0.05, 0) is 55.0 Å². The Hall–Kier alpha value is -3.19. The lowest BCUT2D eigenvalue weighted by Crippen LogP contribution is -2.47. The summed E-state index contributed by atoms with van der Waals surface area (Å²) in [5, 5.41) is 6.07. The second kappa shape index (κ2) is 9.58. The van der Waals surface area contributed by atoms with E-state index < -0.39 is 6.10 Å². The minimum atomic E-state index is -0.665. The third-order valence-corrected chi connectivity index (χ3v) is 6.79. The summed E-state index contributed by atoms with van der Waals surface area (Å²) in [6.45, 7) is 12.0. The molecule has 7 heteroatoms. The van der Waals surface area contributed by atoms with Crippen LogP contribution in [0.3, 0.4) is 0 Å². The first-order valence-corrected chi connectivity index (χ1v) is 12.5. The van der Waals surface area contributed by atoms with E-state index in [2.05, 4.69) is 38.0 Å². The lowest BCUT2D eigenvalue weighted by atomic mass is 9.92. The molecule has 0 saturated carbocycles. The summed E-state index contributed by atoms with van der Waals surface area (Å²) in [4.78, 5) is 32.5. The number of hydrogen-bond acceptors (Lipinski definition) is 5. The zero-order valence-electron chi connectivity index (χ0n) is 20.5. The topological polar surface area (TPSA) is 71.5 Å². The molecule has 1 aliphatic heterocycles. The quantitative estimate of drug-likeness (QED) is 0.464. The van der Waals surface area contributed by atoms with Crippen molar-refractivity contribution in [3.63, 3.8) is 0 Å². The molecule has 2 aromatic carbocycles. The van der Waals surface area contributed by atoms with Crippen molar-refractivity contribution in [2.45, 2.75) is 59.5 Å². The summed E-state index contributed by atoms with van der Waals surface area (Å²) < 4.78 is 5.83. The van der Waals surface area contributed by atoms with E-state index in [1.807, 2.05) is 48.7 Å². The first kappa shape index (κ1) is 24.0. The Labute approximate surface area is 205 Å². The van der Waals surface area contributed by atoms with E-state index in [9.17, 15) is 9.59 Å². The molecule has 1 aromatic heterocycles. The molecule has 4 rings (SSSR count). The van der Waals surface area contributed by atoms with Crippen LogP contribution in [0.25, 0.3) is 11.3 Å². The van der Waals surface area contributed by atoms with Gasteiger partial charge >= 0.3 is 0 Å². The minimum absolute atomic E-state index is 0.0942. The van der Waals surface area contributed by atoms with Gasteiger partial charge in [0.05, 0.1) is 16.4 Å². The average Bonchev–Trinajstić information content (AvgIpc) is 3.22. The number of carbonyl (C=O) groups is 2. The number of ether oxygens (including phenoxy) is 1. The number of benzene rings is 2. The molecule has 0 fully saturated rings. The summed E-state index contributed by atoms with van der Waals surface area (Å²) >= 11 is 1.57. The second-order valence-corrected chi connectivity index (χ2v) is 10.4. The number of amides is 2. The fourth-order valence-corrected chi connectivity index (χ4v) is 4.87. The Morgan fingerprint density at radius 1 is 1.15 bits per heavy atom. The predicted molar refractivity (Wildman–Crippen MR) is 138 cm³/mol. The van der Waals surface area contributed by atoms with Crippen molar-refractivity contribution in [1.82, 2.24) is 4.98 Å². The van der Waals surface area contributed by atoms with Crippen molar-refractivity contribution in [3.8, 4) is 17.0 Å². The van der Waals surface area contributed by atoms with Crippen molar-refractivity contribution in [2.75, 3.05) is 16.8 Å². The molecule has 178 valence electrons. The number of aryl methyl sites for hydroxylation is 1. The highest BCUT2D eigenvalue weighted by molar-refractivity contribution is 7.09. The zero-order valence-corrected chi connectivity index (χ0v) is 21.3. The zero-order chi connectivity index (χ0) is 24.6. The van der Waals surface area contributed by atoms with E-state index in [4.69, 9.17) is 4.74 Å². The number of anilines is 2. The first-order valence-electron chi connectivity index (χ1n) is 11.6. The molecule has 3 aromatic rings. The van der Waals surface area contributed by atoms with Gasteiger partial charge in [-0.3, -0.25) is 14.5 Å². The Kier molecular flexibility index (Phi) is 6.75. The molecule has 2 heterocycles. The number of carbonyl (C=O) groups excluding carboxylic acids is 2. The van der Waals surface area contributed by atoms with Crippen molar-refractivity contribution in [2.24, 2.45) is 0 Å². The molecule has 34 heavy (non-hydrogen) atoms. The summed E-state index contributed by atoms with van der Waals surface area (Å²) in [5.74, 6) is 0.614. The van der Waals surface area contributed by atoms with Crippen LogP contribution in [0.15, 0.2) is 41.8 Å². The summed E-state index contributed by atoms with van der Waals surface area (Å²) in [5.41, 5.74) is 5.33. The first-order chi connectivity index (χ1) is 16.2. The molecule has 1 atom stereocenters. The number of nitrogens with one attached hydrogen (secondary N) is 1. The van der Waals surface area contributed by atoms with Crippen LogP contribution in [-0.4, -0.2) is 29.4 Å². The van der Waals surface area contributed by atoms with Gasteiger partial charge in [-0.2, -0.15) is 0 Å². The van der Waals surface area contributed by atoms with Gasteiger partial charge in [-0.1, -0.05) is 45.9 Å². The lowest BCUT2D eigenvalue weighted by Gasteiger charge is -2.33. The largest absolute Gasteiger partial charge is 0.479 e. The molecule has 0 aliphatic carbocycles. The Morgan fingerprint density at radius 3 is 2.41 bits per heavy atom. The van der Waals surface area contributed by atoms with Crippen LogP contribution in [0.5, 0.6) is 5.75 Å². The maximum absolute atomic E-state index is 13.3.